The van der Waals surface area contributed by atoms with E-state index in [9.17, 15) is 4.79 Å². The molecular formula is C35H33N7O3. The van der Waals surface area contributed by atoms with Gasteiger partial charge in [-0.05, 0) is 74.3 Å². The van der Waals surface area contributed by atoms with Gasteiger partial charge in [0.2, 0.25) is 11.9 Å². The molecule has 3 aromatic carbocycles. The summed E-state index contributed by atoms with van der Waals surface area (Å²) in [6.45, 7) is 0.720. The summed E-state index contributed by atoms with van der Waals surface area (Å²) in [5.74, 6) is 1.56. The fraction of sp³-hybridized carbons (Fsp3) is 0.143. The zero-order valence-electron chi connectivity index (χ0n) is 25.3. The first-order chi connectivity index (χ1) is 22.0. The molecule has 226 valence electrons. The summed E-state index contributed by atoms with van der Waals surface area (Å²) in [5, 5.41) is 6.19. The Hall–Kier alpha value is -5.74. The topological polar surface area (TPSA) is 106 Å². The van der Waals surface area contributed by atoms with Crippen molar-refractivity contribution >= 4 is 28.9 Å². The maximum atomic E-state index is 12.3. The highest BCUT2D eigenvalue weighted by Crippen LogP contribution is 2.37. The first kappa shape index (κ1) is 29.3. The van der Waals surface area contributed by atoms with Crippen LogP contribution in [0.25, 0.3) is 28.3 Å². The van der Waals surface area contributed by atoms with Crippen LogP contribution >= 0.6 is 0 Å². The highest BCUT2D eigenvalue weighted by atomic mass is 16.5. The average molecular weight is 600 g/mol. The molecule has 0 atom stereocenters. The molecule has 0 fully saturated rings. The number of carbonyl (C=O) groups excluding carboxylic acids is 1. The molecular weight excluding hydrogens is 566 g/mol. The fourth-order valence-electron chi connectivity index (χ4n) is 4.95. The van der Waals surface area contributed by atoms with Crippen molar-refractivity contribution < 1.29 is 14.3 Å². The van der Waals surface area contributed by atoms with Crippen LogP contribution in [0.4, 0.5) is 17.3 Å². The highest BCUT2D eigenvalue weighted by molar-refractivity contribution is 5.92. The number of fused-ring (bicyclic) bond motifs is 1. The molecule has 6 rings (SSSR count). The molecule has 3 heterocycles. The molecule has 0 aliphatic heterocycles. The Labute approximate surface area is 261 Å². The smallest absolute Gasteiger partial charge is 0.238 e. The second kappa shape index (κ2) is 13.3. The normalized spacial score (nSPS) is 11.0. The summed E-state index contributed by atoms with van der Waals surface area (Å²) in [6.07, 6.45) is 3.67. The Bertz CT molecular complexity index is 1940. The Balaban J connectivity index is 1.31. The predicted octanol–water partition coefficient (Wildman–Crippen LogP) is 6.29. The maximum absolute atomic E-state index is 12.3. The Morgan fingerprint density at radius 3 is 2.51 bits per heavy atom. The third kappa shape index (κ3) is 6.92. The van der Waals surface area contributed by atoms with Crippen molar-refractivity contribution in [2.45, 2.75) is 6.61 Å². The number of aromatic nitrogens is 4. The van der Waals surface area contributed by atoms with Crippen LogP contribution in [-0.4, -0.2) is 57.9 Å². The second-order valence-corrected chi connectivity index (χ2v) is 10.6. The molecule has 0 aliphatic carbocycles. The molecule has 45 heavy (non-hydrogen) atoms. The quantitative estimate of drug-likeness (QED) is 0.179. The number of methoxy groups -OCH3 is 1. The minimum absolute atomic E-state index is 0.0945. The van der Waals surface area contributed by atoms with Crippen LogP contribution in [0.1, 0.15) is 5.56 Å². The lowest BCUT2D eigenvalue weighted by Gasteiger charge is -2.13. The van der Waals surface area contributed by atoms with Gasteiger partial charge in [-0.3, -0.25) is 9.20 Å². The van der Waals surface area contributed by atoms with E-state index in [1.54, 1.807) is 13.3 Å². The fourth-order valence-corrected chi connectivity index (χ4v) is 4.95. The third-order valence-corrected chi connectivity index (χ3v) is 6.96. The van der Waals surface area contributed by atoms with Crippen LogP contribution in [0.2, 0.25) is 0 Å². The van der Waals surface area contributed by atoms with Crippen LogP contribution < -0.4 is 20.1 Å². The number of amides is 1. The van der Waals surface area contributed by atoms with Crippen LogP contribution in [0.3, 0.4) is 0 Å². The second-order valence-electron chi connectivity index (χ2n) is 10.6. The van der Waals surface area contributed by atoms with Gasteiger partial charge in [0, 0.05) is 29.3 Å². The SMILES string of the molecule is COc1cc(-c2nc3ccccn3c2-c2ccnc(Nc3cccc(NC(=O)CN(C)C)c3)n2)ccc1OCc1ccccc1. The number of likely N-dealkylation sites (N-methyl/N-ethyl adjacent to an activating group) is 1. The van der Waals surface area contributed by atoms with E-state index < -0.39 is 0 Å². The van der Waals surface area contributed by atoms with E-state index in [0.29, 0.717) is 42.0 Å². The summed E-state index contributed by atoms with van der Waals surface area (Å²) in [4.78, 5) is 28.4. The van der Waals surface area contributed by atoms with Gasteiger partial charge in [-0.1, -0.05) is 42.5 Å². The van der Waals surface area contributed by atoms with E-state index in [4.69, 9.17) is 19.4 Å². The van der Waals surface area contributed by atoms with E-state index in [1.807, 2.05) is 127 Å². The summed E-state index contributed by atoms with van der Waals surface area (Å²) < 4.78 is 13.8. The molecule has 10 heteroatoms. The Morgan fingerprint density at radius 1 is 0.867 bits per heavy atom. The van der Waals surface area contributed by atoms with Gasteiger partial charge in [-0.25, -0.2) is 15.0 Å². The van der Waals surface area contributed by atoms with Gasteiger partial charge in [-0.2, -0.15) is 0 Å². The van der Waals surface area contributed by atoms with Crippen LogP contribution in [0.5, 0.6) is 11.5 Å². The summed E-state index contributed by atoms with van der Waals surface area (Å²) in [6, 6.07) is 31.0. The van der Waals surface area contributed by atoms with Gasteiger partial charge in [0.05, 0.1) is 30.7 Å². The van der Waals surface area contributed by atoms with Crippen molar-refractivity contribution in [2.24, 2.45) is 0 Å². The van der Waals surface area contributed by atoms with Crippen molar-refractivity contribution in [1.29, 1.82) is 0 Å². The number of ether oxygens (including phenoxy) is 2. The zero-order valence-corrected chi connectivity index (χ0v) is 25.3. The molecule has 0 radical (unpaired) electrons. The first-order valence-electron chi connectivity index (χ1n) is 14.4. The van der Waals surface area contributed by atoms with Crippen LogP contribution in [0.15, 0.2) is 109 Å². The van der Waals surface area contributed by atoms with Crippen molar-refractivity contribution in [2.75, 3.05) is 38.4 Å². The number of imidazole rings is 1. The summed E-state index contributed by atoms with van der Waals surface area (Å²) in [7, 11) is 5.33. The molecule has 0 aliphatic rings. The van der Waals surface area contributed by atoms with Gasteiger partial charge < -0.3 is 25.0 Å². The minimum atomic E-state index is -0.0945. The molecule has 0 bridgehead atoms. The number of nitrogens with one attached hydrogen (secondary N) is 2. The monoisotopic (exact) mass is 599 g/mol. The molecule has 6 aromatic rings. The summed E-state index contributed by atoms with van der Waals surface area (Å²) in [5.41, 5.74) is 6.35. The zero-order chi connectivity index (χ0) is 31.2. The Morgan fingerprint density at radius 2 is 1.69 bits per heavy atom. The molecule has 2 N–H and O–H groups in total. The molecule has 0 unspecified atom stereocenters. The van der Waals surface area contributed by atoms with Crippen molar-refractivity contribution in [3.63, 3.8) is 0 Å². The standard InChI is InChI=1S/C35H33N7O3/c1-41(2)22-32(43)37-26-12-9-13-27(21-26)38-35-36-18-17-28(39-35)34-33(40-31-14-7-8-19-42(31)34)25-15-16-29(30(20-25)44-3)45-23-24-10-5-4-6-11-24/h4-21H,22-23H2,1-3H3,(H,37,43)(H,36,38,39). The van der Waals surface area contributed by atoms with Crippen LogP contribution in [-0.2, 0) is 11.4 Å². The minimum Gasteiger partial charge on any atom is -0.493 e. The van der Waals surface area contributed by atoms with Crippen LogP contribution in [0, 0.1) is 0 Å². The number of hydrogen-bond acceptors (Lipinski definition) is 8. The molecule has 3 aromatic heterocycles. The largest absolute Gasteiger partial charge is 0.493 e. The lowest BCUT2D eigenvalue weighted by Crippen LogP contribution is -2.27. The lowest BCUT2D eigenvalue weighted by molar-refractivity contribution is -0.116. The molecule has 10 nitrogen and oxygen atoms in total. The summed E-state index contributed by atoms with van der Waals surface area (Å²) >= 11 is 0. The van der Waals surface area contributed by atoms with Gasteiger partial charge in [-0.15, -0.1) is 0 Å². The Kier molecular flexibility index (Phi) is 8.65. The van der Waals surface area contributed by atoms with Crippen molar-refractivity contribution in [3.8, 4) is 34.1 Å². The predicted molar refractivity (Wildman–Crippen MR) is 176 cm³/mol. The van der Waals surface area contributed by atoms with E-state index >= 15 is 0 Å². The van der Waals surface area contributed by atoms with Crippen molar-refractivity contribution in [1.82, 2.24) is 24.3 Å². The van der Waals surface area contributed by atoms with Gasteiger partial charge in [0.1, 0.15) is 12.3 Å². The van der Waals surface area contributed by atoms with Crippen molar-refractivity contribution in [3.05, 3.63) is 115 Å². The van der Waals surface area contributed by atoms with E-state index in [0.717, 1.165) is 33.8 Å². The molecule has 0 spiro atoms. The molecule has 1 amide bonds. The number of pyridine rings is 1. The first-order valence-corrected chi connectivity index (χ1v) is 14.4. The molecule has 0 saturated heterocycles. The third-order valence-electron chi connectivity index (χ3n) is 6.96. The average Bonchev–Trinajstić information content (AvgIpc) is 3.44. The number of anilines is 3. The maximum Gasteiger partial charge on any atom is 0.238 e. The highest BCUT2D eigenvalue weighted by Gasteiger charge is 2.19. The lowest BCUT2D eigenvalue weighted by atomic mass is 10.1. The van der Waals surface area contributed by atoms with E-state index in [1.165, 1.54) is 0 Å². The number of carbonyl (C=O) groups is 1. The van der Waals surface area contributed by atoms with E-state index in [2.05, 4.69) is 15.6 Å². The van der Waals surface area contributed by atoms with Gasteiger partial charge in [0.25, 0.3) is 0 Å². The number of benzene rings is 3. The van der Waals surface area contributed by atoms with Gasteiger partial charge in [0.15, 0.2) is 11.5 Å². The number of nitrogens with zero attached hydrogens (tertiary/aromatic N) is 5. The number of rotatable bonds is 11. The number of hydrogen-bond donors (Lipinski definition) is 2. The van der Waals surface area contributed by atoms with E-state index in [-0.39, 0.29) is 5.91 Å². The molecule has 0 saturated carbocycles. The van der Waals surface area contributed by atoms with Gasteiger partial charge >= 0.3 is 0 Å².